The zero-order valence-electron chi connectivity index (χ0n) is 9.70. The smallest absolute Gasteiger partial charge is 0.222 e. The summed E-state index contributed by atoms with van der Waals surface area (Å²) in [5.41, 5.74) is 4.93. The van der Waals surface area contributed by atoms with Crippen LogP contribution in [0.25, 0.3) is 0 Å². The van der Waals surface area contributed by atoms with Crippen LogP contribution in [0.4, 0.5) is 0 Å². The molecule has 0 aliphatic carbocycles. The van der Waals surface area contributed by atoms with Gasteiger partial charge in [-0.1, -0.05) is 0 Å². The number of rotatable bonds is 4. The summed E-state index contributed by atoms with van der Waals surface area (Å²) in [7, 11) is 0. The van der Waals surface area contributed by atoms with Crippen molar-refractivity contribution >= 4 is 5.91 Å². The lowest BCUT2D eigenvalue weighted by atomic mass is 10.1. The van der Waals surface area contributed by atoms with E-state index in [4.69, 9.17) is 5.73 Å². The maximum atomic E-state index is 11.7. The summed E-state index contributed by atoms with van der Waals surface area (Å²) in [5.74, 6) is 0.147. The number of nitrogens with two attached hydrogens (primary N) is 1. The Morgan fingerprint density at radius 3 is 2.80 bits per heavy atom. The molecule has 15 heavy (non-hydrogen) atoms. The number of carbonyl (C=O) groups excluding carboxylic acids is 1. The molecule has 1 fully saturated rings. The van der Waals surface area contributed by atoms with E-state index in [2.05, 4.69) is 0 Å². The third kappa shape index (κ3) is 4.18. The van der Waals surface area contributed by atoms with Crippen LogP contribution in [0.1, 0.15) is 39.5 Å². The van der Waals surface area contributed by atoms with Crippen molar-refractivity contribution < 1.29 is 9.90 Å². The van der Waals surface area contributed by atoms with Gasteiger partial charge in [-0.2, -0.15) is 0 Å². The molecule has 4 heteroatoms. The van der Waals surface area contributed by atoms with E-state index in [1.165, 1.54) is 0 Å². The van der Waals surface area contributed by atoms with Crippen LogP contribution in [-0.2, 0) is 4.79 Å². The van der Waals surface area contributed by atoms with Crippen LogP contribution < -0.4 is 5.73 Å². The molecule has 0 aromatic heterocycles. The highest BCUT2D eigenvalue weighted by Crippen LogP contribution is 2.21. The molecule has 2 unspecified atom stereocenters. The van der Waals surface area contributed by atoms with Crippen molar-refractivity contribution in [2.24, 2.45) is 5.73 Å². The maximum absolute atomic E-state index is 11.7. The molecule has 0 aromatic carbocycles. The molecular formula is C11H22N2O2. The van der Waals surface area contributed by atoms with Crippen molar-refractivity contribution in [2.75, 3.05) is 13.1 Å². The minimum absolute atomic E-state index is 0.147. The first-order valence-electron chi connectivity index (χ1n) is 5.66. The van der Waals surface area contributed by atoms with Crippen LogP contribution in [0.3, 0.4) is 0 Å². The summed E-state index contributed by atoms with van der Waals surface area (Å²) in [6, 6.07) is 0.166. The number of amides is 1. The second-order valence-electron chi connectivity index (χ2n) is 4.93. The van der Waals surface area contributed by atoms with Gasteiger partial charge in [0.2, 0.25) is 5.91 Å². The standard InChI is InChI=1S/C11H22N2O2/c1-9(12)4-3-5-10(14)13-7-6-11(2,15)8-13/h9,15H,3-8,12H2,1-2H3. The van der Waals surface area contributed by atoms with Crippen molar-refractivity contribution in [3.05, 3.63) is 0 Å². The highest BCUT2D eigenvalue weighted by molar-refractivity contribution is 5.76. The SMILES string of the molecule is CC(N)CCCC(=O)N1CCC(C)(O)C1. The van der Waals surface area contributed by atoms with Crippen LogP contribution in [0.5, 0.6) is 0 Å². The molecule has 0 aromatic rings. The van der Waals surface area contributed by atoms with Gasteiger partial charge in [-0.15, -0.1) is 0 Å². The van der Waals surface area contributed by atoms with Gasteiger partial charge < -0.3 is 15.7 Å². The minimum Gasteiger partial charge on any atom is -0.388 e. The topological polar surface area (TPSA) is 66.6 Å². The van der Waals surface area contributed by atoms with E-state index >= 15 is 0 Å². The number of β-amino-alcohol motifs (C(OH)–C–C–N with tert-alkyl or cyclic N) is 1. The monoisotopic (exact) mass is 214 g/mol. The largest absolute Gasteiger partial charge is 0.388 e. The first-order chi connectivity index (χ1) is 6.91. The number of nitrogens with zero attached hydrogens (tertiary/aromatic N) is 1. The lowest BCUT2D eigenvalue weighted by molar-refractivity contribution is -0.131. The summed E-state index contributed by atoms with van der Waals surface area (Å²) in [4.78, 5) is 13.4. The molecule has 4 nitrogen and oxygen atoms in total. The van der Waals surface area contributed by atoms with Gasteiger partial charge in [-0.05, 0) is 33.1 Å². The van der Waals surface area contributed by atoms with Crippen molar-refractivity contribution in [1.82, 2.24) is 4.90 Å². The minimum atomic E-state index is -0.684. The van der Waals surface area contributed by atoms with Crippen LogP contribution in [-0.4, -0.2) is 40.6 Å². The predicted molar refractivity (Wildman–Crippen MR) is 59.3 cm³/mol. The van der Waals surface area contributed by atoms with Gasteiger partial charge in [0.05, 0.1) is 5.60 Å². The van der Waals surface area contributed by atoms with E-state index in [9.17, 15) is 9.90 Å². The lowest BCUT2D eigenvalue weighted by Gasteiger charge is -2.19. The third-order valence-corrected chi connectivity index (χ3v) is 2.85. The number of carbonyl (C=O) groups is 1. The number of hydrogen-bond donors (Lipinski definition) is 2. The molecule has 2 atom stereocenters. The van der Waals surface area contributed by atoms with Gasteiger partial charge in [0.1, 0.15) is 0 Å². The van der Waals surface area contributed by atoms with Crippen molar-refractivity contribution in [2.45, 2.75) is 51.2 Å². The molecule has 0 radical (unpaired) electrons. The first kappa shape index (κ1) is 12.5. The van der Waals surface area contributed by atoms with E-state index in [0.29, 0.717) is 25.9 Å². The van der Waals surface area contributed by atoms with Crippen molar-refractivity contribution in [3.63, 3.8) is 0 Å². The van der Waals surface area contributed by atoms with Gasteiger partial charge in [0, 0.05) is 25.6 Å². The van der Waals surface area contributed by atoms with Gasteiger partial charge in [-0.3, -0.25) is 4.79 Å². The van der Waals surface area contributed by atoms with E-state index in [1.54, 1.807) is 11.8 Å². The molecule has 1 rings (SSSR count). The quantitative estimate of drug-likeness (QED) is 0.715. The zero-order valence-corrected chi connectivity index (χ0v) is 9.70. The average Bonchev–Trinajstić information content (AvgIpc) is 2.45. The molecule has 0 saturated carbocycles. The Kier molecular flexibility index (Phi) is 4.11. The number of likely N-dealkylation sites (tertiary alicyclic amines) is 1. The Bertz CT molecular complexity index is 227. The Hall–Kier alpha value is -0.610. The first-order valence-corrected chi connectivity index (χ1v) is 5.66. The Balaban J connectivity index is 2.24. The number of aliphatic hydroxyl groups is 1. The molecular weight excluding hydrogens is 192 g/mol. The summed E-state index contributed by atoms with van der Waals surface area (Å²) in [6.07, 6.45) is 2.97. The second-order valence-corrected chi connectivity index (χ2v) is 4.93. The summed E-state index contributed by atoms with van der Waals surface area (Å²) >= 11 is 0. The van der Waals surface area contributed by atoms with Crippen molar-refractivity contribution in [3.8, 4) is 0 Å². The third-order valence-electron chi connectivity index (χ3n) is 2.85. The molecule has 0 spiro atoms. The Morgan fingerprint density at radius 1 is 1.67 bits per heavy atom. The summed E-state index contributed by atoms with van der Waals surface area (Å²) in [5, 5.41) is 9.71. The summed E-state index contributed by atoms with van der Waals surface area (Å²) in [6.45, 7) is 4.89. The normalized spacial score (nSPS) is 28.1. The predicted octanol–water partition coefficient (Wildman–Crippen LogP) is 0.487. The van der Waals surface area contributed by atoms with Crippen LogP contribution in [0.15, 0.2) is 0 Å². The van der Waals surface area contributed by atoms with Crippen molar-refractivity contribution in [1.29, 1.82) is 0 Å². The Morgan fingerprint density at radius 2 is 2.33 bits per heavy atom. The number of hydrogen-bond acceptors (Lipinski definition) is 3. The molecule has 3 N–H and O–H groups in total. The highest BCUT2D eigenvalue weighted by Gasteiger charge is 2.33. The highest BCUT2D eigenvalue weighted by atomic mass is 16.3. The molecule has 1 amide bonds. The lowest BCUT2D eigenvalue weighted by Crippen LogP contribution is -2.33. The van der Waals surface area contributed by atoms with Gasteiger partial charge in [-0.25, -0.2) is 0 Å². The van der Waals surface area contributed by atoms with E-state index in [1.807, 2.05) is 6.92 Å². The molecule has 0 bridgehead atoms. The van der Waals surface area contributed by atoms with Gasteiger partial charge in [0.15, 0.2) is 0 Å². The Labute approximate surface area is 91.4 Å². The molecule has 1 aliphatic heterocycles. The molecule has 88 valence electrons. The molecule has 1 aliphatic rings. The van der Waals surface area contributed by atoms with Crippen LogP contribution in [0, 0.1) is 0 Å². The fraction of sp³-hybridized carbons (Fsp3) is 0.909. The van der Waals surface area contributed by atoms with Gasteiger partial charge in [0.25, 0.3) is 0 Å². The molecule has 1 saturated heterocycles. The average molecular weight is 214 g/mol. The van der Waals surface area contributed by atoms with Crippen LogP contribution in [0.2, 0.25) is 0 Å². The fourth-order valence-corrected chi connectivity index (χ4v) is 1.89. The fourth-order valence-electron chi connectivity index (χ4n) is 1.89. The second kappa shape index (κ2) is 4.94. The van der Waals surface area contributed by atoms with E-state index in [0.717, 1.165) is 12.8 Å². The van der Waals surface area contributed by atoms with Crippen LogP contribution >= 0.6 is 0 Å². The van der Waals surface area contributed by atoms with E-state index in [-0.39, 0.29) is 11.9 Å². The molecule has 1 heterocycles. The van der Waals surface area contributed by atoms with E-state index < -0.39 is 5.60 Å². The zero-order chi connectivity index (χ0) is 11.5. The van der Waals surface area contributed by atoms with Gasteiger partial charge >= 0.3 is 0 Å². The maximum Gasteiger partial charge on any atom is 0.222 e. The summed E-state index contributed by atoms with van der Waals surface area (Å²) < 4.78 is 0.